The van der Waals surface area contributed by atoms with E-state index in [0.717, 1.165) is 11.3 Å². The van der Waals surface area contributed by atoms with E-state index in [2.05, 4.69) is 5.32 Å². The summed E-state index contributed by atoms with van der Waals surface area (Å²) < 4.78 is 10.1. The molecule has 1 N–H and O–H groups in total. The third-order valence-corrected chi connectivity index (χ3v) is 2.84. The Bertz CT molecular complexity index is 421. The van der Waals surface area contributed by atoms with Gasteiger partial charge in [0.1, 0.15) is 5.75 Å². The van der Waals surface area contributed by atoms with Crippen LogP contribution in [0.4, 0.5) is 5.69 Å². The summed E-state index contributed by atoms with van der Waals surface area (Å²) in [5.74, 6) is 0.448. The third-order valence-electron chi connectivity index (χ3n) is 2.43. The van der Waals surface area contributed by atoms with Crippen LogP contribution in [0, 0.1) is 6.92 Å². The van der Waals surface area contributed by atoms with Crippen LogP contribution in [0.3, 0.4) is 0 Å². The topological polar surface area (TPSA) is 47.6 Å². The highest BCUT2D eigenvalue weighted by Gasteiger charge is 2.07. The number of benzene rings is 1. The minimum absolute atomic E-state index is 0.213. The fraction of sp³-hybridized carbons (Fsp3) is 0.462. The minimum atomic E-state index is -0.213. The van der Waals surface area contributed by atoms with Gasteiger partial charge in [-0.3, -0.25) is 4.79 Å². The lowest BCUT2D eigenvalue weighted by Crippen LogP contribution is -2.11. The number of esters is 1. The zero-order valence-electron chi connectivity index (χ0n) is 10.9. The maximum atomic E-state index is 11.2. The average Bonchev–Trinajstić information content (AvgIpc) is 2.33. The summed E-state index contributed by atoms with van der Waals surface area (Å²) in [7, 11) is 1.58. The summed E-state index contributed by atoms with van der Waals surface area (Å²) in [6.45, 7) is 4.60. The summed E-state index contributed by atoms with van der Waals surface area (Å²) in [4.78, 5) is 11.2. The van der Waals surface area contributed by atoms with Crippen LogP contribution in [-0.4, -0.2) is 26.2 Å². The average molecular weight is 272 g/mol. The van der Waals surface area contributed by atoms with Gasteiger partial charge in [0.25, 0.3) is 0 Å². The highest BCUT2D eigenvalue weighted by Crippen LogP contribution is 2.30. The zero-order valence-corrected chi connectivity index (χ0v) is 11.6. The molecule has 1 rings (SSSR count). The Kier molecular flexibility index (Phi) is 5.78. The summed E-state index contributed by atoms with van der Waals surface area (Å²) >= 11 is 6.01. The van der Waals surface area contributed by atoms with Gasteiger partial charge in [-0.25, -0.2) is 0 Å². The van der Waals surface area contributed by atoms with E-state index in [9.17, 15) is 4.79 Å². The highest BCUT2D eigenvalue weighted by atomic mass is 35.5. The molecule has 0 aromatic heterocycles. The smallest absolute Gasteiger partial charge is 0.307 e. The van der Waals surface area contributed by atoms with Crippen LogP contribution >= 0.6 is 11.6 Å². The van der Waals surface area contributed by atoms with E-state index < -0.39 is 0 Å². The summed E-state index contributed by atoms with van der Waals surface area (Å²) in [6, 6.07) is 3.65. The molecule has 18 heavy (non-hydrogen) atoms. The number of halogens is 1. The molecule has 0 aliphatic rings. The van der Waals surface area contributed by atoms with E-state index in [-0.39, 0.29) is 5.97 Å². The van der Waals surface area contributed by atoms with Crippen LogP contribution in [0.1, 0.15) is 18.9 Å². The Balaban J connectivity index is 2.61. The quantitative estimate of drug-likeness (QED) is 0.808. The van der Waals surface area contributed by atoms with Crippen molar-refractivity contribution in [2.24, 2.45) is 0 Å². The molecular formula is C13H18ClNO3. The monoisotopic (exact) mass is 271 g/mol. The first kappa shape index (κ1) is 14.6. The molecule has 0 saturated heterocycles. The van der Waals surface area contributed by atoms with Crippen molar-refractivity contribution >= 4 is 23.3 Å². The van der Waals surface area contributed by atoms with E-state index in [4.69, 9.17) is 21.1 Å². The van der Waals surface area contributed by atoms with E-state index in [1.807, 2.05) is 13.0 Å². The molecule has 0 fully saturated rings. The van der Waals surface area contributed by atoms with Crippen molar-refractivity contribution in [3.8, 4) is 5.75 Å². The molecule has 5 heteroatoms. The molecule has 1 aromatic carbocycles. The van der Waals surface area contributed by atoms with Crippen molar-refractivity contribution in [1.82, 2.24) is 0 Å². The first-order chi connectivity index (χ1) is 8.58. The van der Waals surface area contributed by atoms with E-state index in [1.54, 1.807) is 20.1 Å². The van der Waals surface area contributed by atoms with Crippen molar-refractivity contribution in [3.63, 3.8) is 0 Å². The molecule has 0 saturated carbocycles. The predicted octanol–water partition coefficient (Wildman–Crippen LogP) is 3.02. The lowest BCUT2D eigenvalue weighted by Gasteiger charge is -2.12. The molecule has 1 aromatic rings. The molecule has 0 aliphatic carbocycles. The molecule has 0 heterocycles. The fourth-order valence-electron chi connectivity index (χ4n) is 1.50. The van der Waals surface area contributed by atoms with Crippen LogP contribution in [-0.2, 0) is 9.53 Å². The first-order valence-electron chi connectivity index (χ1n) is 5.82. The first-order valence-corrected chi connectivity index (χ1v) is 6.20. The molecule has 0 radical (unpaired) electrons. The van der Waals surface area contributed by atoms with Gasteiger partial charge in [0.05, 0.1) is 25.8 Å². The van der Waals surface area contributed by atoms with Gasteiger partial charge in [-0.05, 0) is 25.5 Å². The Hall–Kier alpha value is -1.42. The number of hydrogen-bond donors (Lipinski definition) is 1. The van der Waals surface area contributed by atoms with Gasteiger partial charge in [-0.15, -0.1) is 0 Å². The van der Waals surface area contributed by atoms with Gasteiger partial charge < -0.3 is 14.8 Å². The standard InChI is InChI=1S/C13H18ClNO3/c1-4-18-13(16)5-6-15-11-7-9(2)10(14)8-12(11)17-3/h7-8,15H,4-6H2,1-3H3. The second kappa shape index (κ2) is 7.11. The molecule has 0 unspecified atom stereocenters. The Morgan fingerprint density at radius 3 is 2.78 bits per heavy atom. The molecule has 0 aliphatic heterocycles. The van der Waals surface area contributed by atoms with Crippen molar-refractivity contribution in [2.45, 2.75) is 20.3 Å². The van der Waals surface area contributed by atoms with Crippen molar-refractivity contribution in [1.29, 1.82) is 0 Å². The van der Waals surface area contributed by atoms with Crippen LogP contribution < -0.4 is 10.1 Å². The van der Waals surface area contributed by atoms with Crippen molar-refractivity contribution in [3.05, 3.63) is 22.7 Å². The number of aryl methyl sites for hydroxylation is 1. The highest BCUT2D eigenvalue weighted by molar-refractivity contribution is 6.31. The molecule has 0 bridgehead atoms. The van der Waals surface area contributed by atoms with Crippen LogP contribution in [0.15, 0.2) is 12.1 Å². The van der Waals surface area contributed by atoms with Crippen LogP contribution in [0.2, 0.25) is 5.02 Å². The summed E-state index contributed by atoms with van der Waals surface area (Å²) in [5.41, 5.74) is 1.78. The largest absolute Gasteiger partial charge is 0.495 e. The Labute approximate surface area is 112 Å². The number of methoxy groups -OCH3 is 1. The Morgan fingerprint density at radius 2 is 2.17 bits per heavy atom. The van der Waals surface area contributed by atoms with E-state index in [0.29, 0.717) is 30.3 Å². The van der Waals surface area contributed by atoms with Crippen molar-refractivity contribution < 1.29 is 14.3 Å². The van der Waals surface area contributed by atoms with Crippen LogP contribution in [0.25, 0.3) is 0 Å². The zero-order chi connectivity index (χ0) is 13.5. The van der Waals surface area contributed by atoms with Gasteiger partial charge in [0.2, 0.25) is 0 Å². The number of carbonyl (C=O) groups excluding carboxylic acids is 1. The molecule has 4 nitrogen and oxygen atoms in total. The molecular weight excluding hydrogens is 254 g/mol. The maximum absolute atomic E-state index is 11.2. The number of ether oxygens (including phenoxy) is 2. The molecule has 0 atom stereocenters. The summed E-state index contributed by atoms with van der Waals surface area (Å²) in [6.07, 6.45) is 0.318. The normalized spacial score (nSPS) is 10.0. The lowest BCUT2D eigenvalue weighted by molar-refractivity contribution is -0.142. The van der Waals surface area contributed by atoms with Gasteiger partial charge in [0.15, 0.2) is 0 Å². The predicted molar refractivity (Wildman–Crippen MR) is 72.5 cm³/mol. The number of hydrogen-bond acceptors (Lipinski definition) is 4. The number of anilines is 1. The minimum Gasteiger partial charge on any atom is -0.495 e. The number of nitrogens with one attached hydrogen (secondary N) is 1. The maximum Gasteiger partial charge on any atom is 0.307 e. The van der Waals surface area contributed by atoms with Gasteiger partial charge in [-0.1, -0.05) is 11.6 Å². The third kappa shape index (κ3) is 4.11. The molecule has 0 spiro atoms. The Morgan fingerprint density at radius 1 is 1.44 bits per heavy atom. The SMILES string of the molecule is CCOC(=O)CCNc1cc(C)c(Cl)cc1OC. The fourth-order valence-corrected chi connectivity index (χ4v) is 1.66. The van der Waals surface area contributed by atoms with E-state index >= 15 is 0 Å². The molecule has 100 valence electrons. The van der Waals surface area contributed by atoms with Gasteiger partial charge in [-0.2, -0.15) is 0 Å². The second-order valence-electron chi connectivity index (χ2n) is 3.78. The summed E-state index contributed by atoms with van der Waals surface area (Å²) in [5, 5.41) is 3.79. The number of rotatable bonds is 6. The molecule has 0 amide bonds. The lowest BCUT2D eigenvalue weighted by atomic mass is 10.2. The van der Waals surface area contributed by atoms with Gasteiger partial charge in [0, 0.05) is 17.6 Å². The van der Waals surface area contributed by atoms with Crippen LogP contribution in [0.5, 0.6) is 5.75 Å². The second-order valence-corrected chi connectivity index (χ2v) is 4.19. The van der Waals surface area contributed by atoms with Crippen molar-refractivity contribution in [2.75, 3.05) is 25.6 Å². The number of carbonyl (C=O) groups is 1. The van der Waals surface area contributed by atoms with Gasteiger partial charge >= 0.3 is 5.97 Å². The van der Waals surface area contributed by atoms with E-state index in [1.165, 1.54) is 0 Å².